The zero-order valence-electron chi connectivity index (χ0n) is 11.3. The number of rotatable bonds is 7. The Bertz CT molecular complexity index is 486. The van der Waals surface area contributed by atoms with E-state index in [9.17, 15) is 9.59 Å². The molecule has 0 bridgehead atoms. The Balaban J connectivity index is 1.64. The monoisotopic (exact) mass is 277 g/mol. The van der Waals surface area contributed by atoms with Crippen LogP contribution in [0.15, 0.2) is 18.2 Å². The number of hydrogen-bond donors (Lipinski definition) is 3. The maximum Gasteiger partial charge on any atom is 0.354 e. The van der Waals surface area contributed by atoms with E-state index in [1.165, 1.54) is 6.07 Å². The largest absolute Gasteiger partial charge is 0.477 e. The van der Waals surface area contributed by atoms with E-state index in [0.29, 0.717) is 18.9 Å². The third-order valence-corrected chi connectivity index (χ3v) is 3.40. The minimum atomic E-state index is -1.04. The average molecular weight is 277 g/mol. The van der Waals surface area contributed by atoms with Crippen molar-refractivity contribution in [3.8, 4) is 0 Å². The van der Waals surface area contributed by atoms with E-state index >= 15 is 0 Å². The number of aromatic nitrogens is 1. The van der Waals surface area contributed by atoms with Crippen LogP contribution >= 0.6 is 0 Å². The summed E-state index contributed by atoms with van der Waals surface area (Å²) >= 11 is 0. The SMILES string of the molecule is O=C(O)c1cccc(NCCCNC(=O)C2CCC2)n1. The first-order valence-corrected chi connectivity index (χ1v) is 6.89. The smallest absolute Gasteiger partial charge is 0.354 e. The number of pyridine rings is 1. The minimum absolute atomic E-state index is 0.0216. The molecule has 0 aromatic carbocycles. The van der Waals surface area contributed by atoms with Gasteiger partial charge in [0.1, 0.15) is 5.82 Å². The van der Waals surface area contributed by atoms with Crippen LogP contribution in [0.4, 0.5) is 5.82 Å². The molecule has 0 saturated heterocycles. The van der Waals surface area contributed by atoms with E-state index in [2.05, 4.69) is 15.6 Å². The Labute approximate surface area is 117 Å². The van der Waals surface area contributed by atoms with Crippen molar-refractivity contribution in [1.82, 2.24) is 10.3 Å². The fraction of sp³-hybridized carbons (Fsp3) is 0.500. The van der Waals surface area contributed by atoms with Crippen molar-refractivity contribution in [2.75, 3.05) is 18.4 Å². The highest BCUT2D eigenvalue weighted by Gasteiger charge is 2.24. The lowest BCUT2D eigenvalue weighted by Gasteiger charge is -2.24. The normalized spacial score (nSPS) is 14.4. The Kier molecular flexibility index (Phi) is 4.92. The molecule has 20 heavy (non-hydrogen) atoms. The van der Waals surface area contributed by atoms with Gasteiger partial charge in [-0.15, -0.1) is 0 Å². The Morgan fingerprint density at radius 1 is 1.30 bits per heavy atom. The second kappa shape index (κ2) is 6.88. The molecule has 1 heterocycles. The first-order chi connectivity index (χ1) is 9.66. The summed E-state index contributed by atoms with van der Waals surface area (Å²) in [5.74, 6) is -0.129. The van der Waals surface area contributed by atoms with Gasteiger partial charge in [-0.05, 0) is 31.4 Å². The zero-order chi connectivity index (χ0) is 14.4. The van der Waals surface area contributed by atoms with Crippen molar-refractivity contribution in [2.24, 2.45) is 5.92 Å². The number of anilines is 1. The maximum atomic E-state index is 11.6. The van der Waals surface area contributed by atoms with Crippen molar-refractivity contribution in [1.29, 1.82) is 0 Å². The second-order valence-corrected chi connectivity index (χ2v) is 4.91. The van der Waals surface area contributed by atoms with Gasteiger partial charge in [0.2, 0.25) is 5.91 Å². The van der Waals surface area contributed by atoms with Crippen molar-refractivity contribution in [3.05, 3.63) is 23.9 Å². The van der Waals surface area contributed by atoms with Crippen molar-refractivity contribution >= 4 is 17.7 Å². The topological polar surface area (TPSA) is 91.3 Å². The van der Waals surface area contributed by atoms with Crippen molar-refractivity contribution in [3.63, 3.8) is 0 Å². The number of carboxylic acid groups (broad SMARTS) is 1. The number of carbonyl (C=O) groups is 2. The number of amides is 1. The third-order valence-electron chi connectivity index (χ3n) is 3.40. The Hall–Kier alpha value is -2.11. The number of carbonyl (C=O) groups excluding carboxylic acids is 1. The molecule has 0 radical (unpaired) electrons. The van der Waals surface area contributed by atoms with Crippen molar-refractivity contribution in [2.45, 2.75) is 25.7 Å². The molecule has 0 spiro atoms. The van der Waals surface area contributed by atoms with E-state index in [-0.39, 0.29) is 17.5 Å². The highest BCUT2D eigenvalue weighted by atomic mass is 16.4. The fourth-order valence-corrected chi connectivity index (χ4v) is 1.98. The van der Waals surface area contributed by atoms with Crippen LogP contribution in [0.5, 0.6) is 0 Å². The summed E-state index contributed by atoms with van der Waals surface area (Å²) in [6.45, 7) is 1.27. The molecule has 2 rings (SSSR count). The molecule has 6 heteroatoms. The third kappa shape index (κ3) is 3.94. The first kappa shape index (κ1) is 14.3. The predicted octanol–water partition coefficient (Wildman–Crippen LogP) is 1.50. The molecule has 1 aromatic rings. The molecule has 3 N–H and O–H groups in total. The van der Waals surface area contributed by atoms with Crippen molar-refractivity contribution < 1.29 is 14.7 Å². The molecule has 1 aliphatic carbocycles. The molecule has 1 aromatic heterocycles. The summed E-state index contributed by atoms with van der Waals surface area (Å²) in [5, 5.41) is 14.8. The molecular weight excluding hydrogens is 258 g/mol. The molecule has 0 atom stereocenters. The van der Waals surface area contributed by atoms with Crippen LogP contribution in [0.2, 0.25) is 0 Å². The molecule has 6 nitrogen and oxygen atoms in total. The lowest BCUT2D eigenvalue weighted by atomic mass is 9.85. The van der Waals surface area contributed by atoms with E-state index in [0.717, 1.165) is 25.7 Å². The Morgan fingerprint density at radius 3 is 2.75 bits per heavy atom. The highest BCUT2D eigenvalue weighted by molar-refractivity contribution is 5.85. The first-order valence-electron chi connectivity index (χ1n) is 6.89. The van der Waals surface area contributed by atoms with Gasteiger partial charge in [0.15, 0.2) is 5.69 Å². The molecule has 1 saturated carbocycles. The van der Waals surface area contributed by atoms with Crippen LogP contribution in [0, 0.1) is 5.92 Å². The summed E-state index contributed by atoms with van der Waals surface area (Å²) in [7, 11) is 0. The van der Waals surface area contributed by atoms with Crippen LogP contribution in [0.25, 0.3) is 0 Å². The highest BCUT2D eigenvalue weighted by Crippen LogP contribution is 2.25. The van der Waals surface area contributed by atoms with Crippen LogP contribution < -0.4 is 10.6 Å². The second-order valence-electron chi connectivity index (χ2n) is 4.91. The number of hydrogen-bond acceptors (Lipinski definition) is 4. The van der Waals surface area contributed by atoms with Gasteiger partial charge >= 0.3 is 5.97 Å². The van der Waals surface area contributed by atoms with Gasteiger partial charge < -0.3 is 15.7 Å². The van der Waals surface area contributed by atoms with Gasteiger partial charge in [-0.2, -0.15) is 0 Å². The predicted molar refractivity (Wildman–Crippen MR) is 74.7 cm³/mol. The van der Waals surface area contributed by atoms with Gasteiger partial charge in [0.25, 0.3) is 0 Å². The van der Waals surface area contributed by atoms with E-state index in [1.807, 2.05) is 0 Å². The van der Waals surface area contributed by atoms with E-state index in [4.69, 9.17) is 5.11 Å². The van der Waals surface area contributed by atoms with Gasteiger partial charge in [-0.3, -0.25) is 4.79 Å². The lowest BCUT2D eigenvalue weighted by molar-refractivity contribution is -0.127. The zero-order valence-corrected chi connectivity index (χ0v) is 11.3. The Morgan fingerprint density at radius 2 is 2.10 bits per heavy atom. The molecule has 108 valence electrons. The average Bonchev–Trinajstić information content (AvgIpc) is 2.36. The number of aromatic carboxylic acids is 1. The summed E-state index contributed by atoms with van der Waals surface area (Å²) < 4.78 is 0. The summed E-state index contributed by atoms with van der Waals surface area (Å²) in [4.78, 5) is 26.3. The quantitative estimate of drug-likeness (QED) is 0.657. The standard InChI is InChI=1S/C14H19N3O3/c18-13(10-4-1-5-10)16-9-3-8-15-12-7-2-6-11(17-12)14(19)20/h2,6-7,10H,1,3-5,8-9H2,(H,15,17)(H,16,18)(H,19,20). The van der Waals surface area contributed by atoms with Gasteiger partial charge in [0.05, 0.1) is 0 Å². The van der Waals surface area contributed by atoms with Crippen LogP contribution in [0.1, 0.15) is 36.2 Å². The molecule has 0 aliphatic heterocycles. The molecular formula is C14H19N3O3. The van der Waals surface area contributed by atoms with Gasteiger partial charge in [0, 0.05) is 19.0 Å². The number of carboxylic acids is 1. The molecule has 1 amide bonds. The summed E-state index contributed by atoms with van der Waals surface area (Å²) in [5.41, 5.74) is 0.0216. The molecule has 0 unspecified atom stereocenters. The van der Waals surface area contributed by atoms with E-state index < -0.39 is 5.97 Å². The summed E-state index contributed by atoms with van der Waals surface area (Å²) in [6, 6.07) is 4.82. The van der Waals surface area contributed by atoms with Crippen LogP contribution in [0.3, 0.4) is 0 Å². The molecule has 1 fully saturated rings. The van der Waals surface area contributed by atoms with Gasteiger partial charge in [-0.1, -0.05) is 12.5 Å². The lowest BCUT2D eigenvalue weighted by Crippen LogP contribution is -2.35. The maximum absolute atomic E-state index is 11.6. The minimum Gasteiger partial charge on any atom is -0.477 e. The van der Waals surface area contributed by atoms with E-state index in [1.54, 1.807) is 12.1 Å². The number of nitrogens with one attached hydrogen (secondary N) is 2. The fourth-order valence-electron chi connectivity index (χ4n) is 1.98. The van der Waals surface area contributed by atoms with Gasteiger partial charge in [-0.25, -0.2) is 9.78 Å². The van der Waals surface area contributed by atoms with Crippen LogP contribution in [-0.4, -0.2) is 35.1 Å². The number of nitrogens with zero attached hydrogens (tertiary/aromatic N) is 1. The summed E-state index contributed by atoms with van der Waals surface area (Å²) in [6.07, 6.45) is 3.95. The molecule has 1 aliphatic rings. The van der Waals surface area contributed by atoms with Crippen LogP contribution in [-0.2, 0) is 4.79 Å².